The van der Waals surface area contributed by atoms with Gasteiger partial charge in [0.05, 0.1) is 18.2 Å². The third kappa shape index (κ3) is 3.51. The molecule has 0 atom stereocenters. The van der Waals surface area contributed by atoms with Crippen molar-refractivity contribution in [2.45, 2.75) is 13.3 Å². The molecule has 4 heteroatoms. The highest BCUT2D eigenvalue weighted by molar-refractivity contribution is 9.10. The Labute approximate surface area is 104 Å². The fraction of sp³-hybridized carbons (Fsp3) is 0.417. The van der Waals surface area contributed by atoms with Gasteiger partial charge < -0.3 is 10.0 Å². The molecule has 0 aromatic heterocycles. The second-order valence-electron chi connectivity index (χ2n) is 3.52. The van der Waals surface area contributed by atoms with Gasteiger partial charge >= 0.3 is 0 Å². The number of hydrogen-bond donors (Lipinski definition) is 1. The molecule has 16 heavy (non-hydrogen) atoms. The molecular weight excluding hydrogens is 268 g/mol. The van der Waals surface area contributed by atoms with Gasteiger partial charge in [-0.15, -0.1) is 0 Å². The molecule has 0 bridgehead atoms. The van der Waals surface area contributed by atoms with Crippen LogP contribution in [-0.2, 0) is 0 Å². The van der Waals surface area contributed by atoms with Gasteiger partial charge in [0, 0.05) is 23.2 Å². The Bertz CT molecular complexity index is 381. The van der Waals surface area contributed by atoms with E-state index in [2.05, 4.69) is 33.8 Å². The van der Waals surface area contributed by atoms with Crippen LogP contribution in [-0.4, -0.2) is 24.8 Å². The van der Waals surface area contributed by atoms with Crippen molar-refractivity contribution in [3.8, 4) is 6.07 Å². The second-order valence-corrected chi connectivity index (χ2v) is 4.44. The molecule has 0 saturated carbocycles. The zero-order valence-corrected chi connectivity index (χ0v) is 10.9. The van der Waals surface area contributed by atoms with E-state index in [0.29, 0.717) is 12.1 Å². The highest BCUT2D eigenvalue weighted by Crippen LogP contribution is 2.22. The van der Waals surface area contributed by atoms with Gasteiger partial charge in [-0.05, 0) is 24.6 Å². The molecule has 86 valence electrons. The zero-order valence-electron chi connectivity index (χ0n) is 9.28. The minimum absolute atomic E-state index is 0.119. The van der Waals surface area contributed by atoms with Gasteiger partial charge in [0.2, 0.25) is 0 Å². The first-order valence-electron chi connectivity index (χ1n) is 5.27. The summed E-state index contributed by atoms with van der Waals surface area (Å²) in [6, 6.07) is 7.72. The van der Waals surface area contributed by atoms with Gasteiger partial charge in [-0.1, -0.05) is 22.9 Å². The van der Waals surface area contributed by atoms with Crippen LogP contribution < -0.4 is 4.90 Å². The maximum Gasteiger partial charge on any atom is 0.0992 e. The van der Waals surface area contributed by atoms with Crippen molar-refractivity contribution < 1.29 is 5.11 Å². The van der Waals surface area contributed by atoms with E-state index < -0.39 is 0 Å². The molecule has 0 spiro atoms. The van der Waals surface area contributed by atoms with E-state index in [1.807, 2.05) is 12.1 Å². The Balaban J connectivity index is 2.99. The number of benzene rings is 1. The summed E-state index contributed by atoms with van der Waals surface area (Å²) in [4.78, 5) is 2.08. The number of aliphatic hydroxyl groups excluding tert-OH is 1. The molecule has 3 nitrogen and oxygen atoms in total. The van der Waals surface area contributed by atoms with Crippen LogP contribution in [0.15, 0.2) is 22.7 Å². The first-order valence-corrected chi connectivity index (χ1v) is 6.07. The highest BCUT2D eigenvalue weighted by Gasteiger charge is 2.07. The van der Waals surface area contributed by atoms with Crippen molar-refractivity contribution in [1.29, 1.82) is 5.26 Å². The van der Waals surface area contributed by atoms with Crippen LogP contribution in [0.2, 0.25) is 0 Å². The van der Waals surface area contributed by atoms with Gasteiger partial charge in [0.15, 0.2) is 0 Å². The van der Waals surface area contributed by atoms with Crippen molar-refractivity contribution in [2.24, 2.45) is 0 Å². The van der Waals surface area contributed by atoms with Gasteiger partial charge in [0.25, 0.3) is 0 Å². The summed E-state index contributed by atoms with van der Waals surface area (Å²) in [6.45, 7) is 3.68. The van der Waals surface area contributed by atoms with Crippen molar-refractivity contribution in [1.82, 2.24) is 0 Å². The SMILES string of the molecule is CCCN(CCO)c1cc(Br)cc(C#N)c1. The predicted molar refractivity (Wildman–Crippen MR) is 68.4 cm³/mol. The van der Waals surface area contributed by atoms with Crippen LogP contribution >= 0.6 is 15.9 Å². The molecule has 1 rings (SSSR count). The smallest absolute Gasteiger partial charge is 0.0992 e. The minimum atomic E-state index is 0.119. The van der Waals surface area contributed by atoms with Crippen molar-refractivity contribution >= 4 is 21.6 Å². The molecule has 0 aliphatic heterocycles. The lowest BCUT2D eigenvalue weighted by atomic mass is 10.2. The average Bonchev–Trinajstić information content (AvgIpc) is 2.28. The molecule has 1 aromatic carbocycles. The van der Waals surface area contributed by atoms with Crippen LogP contribution in [0.25, 0.3) is 0 Å². The first kappa shape index (κ1) is 13.0. The minimum Gasteiger partial charge on any atom is -0.395 e. The summed E-state index contributed by atoms with van der Waals surface area (Å²) in [5.74, 6) is 0. The molecule has 0 fully saturated rings. The van der Waals surface area contributed by atoms with E-state index in [0.717, 1.165) is 23.1 Å². The number of nitriles is 1. The molecular formula is C12H15BrN2O. The average molecular weight is 283 g/mol. The van der Waals surface area contributed by atoms with E-state index in [9.17, 15) is 0 Å². The lowest BCUT2D eigenvalue weighted by Gasteiger charge is -2.23. The molecule has 0 aliphatic rings. The third-order valence-electron chi connectivity index (χ3n) is 2.24. The molecule has 1 aromatic rings. The van der Waals surface area contributed by atoms with Crippen molar-refractivity contribution in [2.75, 3.05) is 24.6 Å². The second kappa shape index (κ2) is 6.51. The van der Waals surface area contributed by atoms with Gasteiger partial charge in [-0.2, -0.15) is 5.26 Å². The summed E-state index contributed by atoms with van der Waals surface area (Å²) < 4.78 is 0.889. The highest BCUT2D eigenvalue weighted by atomic mass is 79.9. The number of aliphatic hydroxyl groups is 1. The lowest BCUT2D eigenvalue weighted by Crippen LogP contribution is -2.27. The third-order valence-corrected chi connectivity index (χ3v) is 2.70. The maximum atomic E-state index is 9.00. The van der Waals surface area contributed by atoms with E-state index in [-0.39, 0.29) is 6.61 Å². The maximum absolute atomic E-state index is 9.00. The standard InChI is InChI=1S/C12H15BrN2O/c1-2-3-15(4-5-16)12-7-10(9-14)6-11(13)8-12/h6-8,16H,2-5H2,1H3. The molecule has 0 saturated heterocycles. The summed E-state index contributed by atoms with van der Waals surface area (Å²) in [7, 11) is 0. The number of anilines is 1. The van der Waals surface area contributed by atoms with Crippen LogP contribution in [0.1, 0.15) is 18.9 Å². The monoisotopic (exact) mass is 282 g/mol. The lowest BCUT2D eigenvalue weighted by molar-refractivity contribution is 0.302. The summed E-state index contributed by atoms with van der Waals surface area (Å²) in [5.41, 5.74) is 1.60. The number of halogens is 1. The topological polar surface area (TPSA) is 47.3 Å². The van der Waals surface area contributed by atoms with E-state index in [4.69, 9.17) is 10.4 Å². The van der Waals surface area contributed by atoms with Crippen molar-refractivity contribution in [3.63, 3.8) is 0 Å². The predicted octanol–water partition coefficient (Wildman–Crippen LogP) is 2.53. The van der Waals surface area contributed by atoms with Crippen LogP contribution in [0.4, 0.5) is 5.69 Å². The van der Waals surface area contributed by atoms with Crippen LogP contribution in [0.5, 0.6) is 0 Å². The Morgan fingerprint density at radius 3 is 2.69 bits per heavy atom. The first-order chi connectivity index (χ1) is 7.71. The number of hydrogen-bond acceptors (Lipinski definition) is 3. The van der Waals surface area contributed by atoms with Gasteiger partial charge in [-0.25, -0.2) is 0 Å². The van der Waals surface area contributed by atoms with Crippen LogP contribution in [0, 0.1) is 11.3 Å². The fourth-order valence-electron chi connectivity index (χ4n) is 1.58. The van der Waals surface area contributed by atoms with Crippen molar-refractivity contribution in [3.05, 3.63) is 28.2 Å². The van der Waals surface area contributed by atoms with E-state index in [1.165, 1.54) is 0 Å². The molecule has 1 N–H and O–H groups in total. The molecule has 0 amide bonds. The summed E-state index contributed by atoms with van der Waals surface area (Å²) in [6.07, 6.45) is 1.01. The molecule has 0 aliphatic carbocycles. The Hall–Kier alpha value is -1.05. The Morgan fingerprint density at radius 1 is 1.38 bits per heavy atom. The molecule has 0 unspecified atom stereocenters. The fourth-order valence-corrected chi connectivity index (χ4v) is 2.06. The quantitative estimate of drug-likeness (QED) is 0.903. The van der Waals surface area contributed by atoms with Gasteiger partial charge in [-0.3, -0.25) is 0 Å². The van der Waals surface area contributed by atoms with E-state index in [1.54, 1.807) is 6.07 Å². The summed E-state index contributed by atoms with van der Waals surface area (Å²) in [5, 5.41) is 17.9. The van der Waals surface area contributed by atoms with Crippen LogP contribution in [0.3, 0.4) is 0 Å². The number of nitrogens with zero attached hydrogens (tertiary/aromatic N) is 2. The Kier molecular flexibility index (Phi) is 5.30. The summed E-state index contributed by atoms with van der Waals surface area (Å²) >= 11 is 3.38. The zero-order chi connectivity index (χ0) is 12.0. The number of rotatable bonds is 5. The van der Waals surface area contributed by atoms with E-state index >= 15 is 0 Å². The largest absolute Gasteiger partial charge is 0.395 e. The molecule has 0 heterocycles. The Morgan fingerprint density at radius 2 is 2.12 bits per heavy atom. The molecule has 0 radical (unpaired) electrons. The normalized spacial score (nSPS) is 9.88. The van der Waals surface area contributed by atoms with Gasteiger partial charge in [0.1, 0.15) is 0 Å².